The molecule has 1 aliphatic rings. The summed E-state index contributed by atoms with van der Waals surface area (Å²) in [7, 11) is 3.24. The number of hydrogen-bond acceptors (Lipinski definition) is 6. The lowest BCUT2D eigenvalue weighted by molar-refractivity contribution is 0.0697. The van der Waals surface area contributed by atoms with Crippen molar-refractivity contribution in [3.05, 3.63) is 58.7 Å². The zero-order chi connectivity index (χ0) is 19.7. The van der Waals surface area contributed by atoms with Gasteiger partial charge in [0.2, 0.25) is 0 Å². The smallest absolute Gasteiger partial charge is 0.335 e. The Morgan fingerprint density at radius 2 is 1.96 bits per heavy atom. The van der Waals surface area contributed by atoms with Crippen molar-refractivity contribution >= 4 is 22.7 Å². The van der Waals surface area contributed by atoms with E-state index in [0.717, 1.165) is 44.9 Å². The fourth-order valence-electron chi connectivity index (χ4n) is 3.40. The minimum Gasteiger partial charge on any atom is -0.497 e. The molecule has 0 atom stereocenters. The van der Waals surface area contributed by atoms with E-state index in [9.17, 15) is 9.90 Å². The van der Waals surface area contributed by atoms with E-state index in [-0.39, 0.29) is 5.56 Å². The van der Waals surface area contributed by atoms with E-state index in [1.807, 2.05) is 18.2 Å². The first-order valence-electron chi connectivity index (χ1n) is 8.82. The van der Waals surface area contributed by atoms with Crippen LogP contribution in [0.15, 0.2) is 36.4 Å². The van der Waals surface area contributed by atoms with Gasteiger partial charge < -0.3 is 24.6 Å². The highest BCUT2D eigenvalue weighted by Crippen LogP contribution is 2.34. The molecule has 0 saturated carbocycles. The standard InChI is InChI=1S/C21H20N2O5/c1-26-14-5-3-13(19(8-14)27-2)9-22-20-17-11-28-10-16(17)15-7-12(21(24)25)4-6-18(15)23-20/h3-8H,9-11H2,1-2H3,(H,22,23)(H,24,25). The van der Waals surface area contributed by atoms with E-state index < -0.39 is 5.97 Å². The van der Waals surface area contributed by atoms with E-state index in [4.69, 9.17) is 19.2 Å². The second-order valence-electron chi connectivity index (χ2n) is 6.48. The molecular formula is C21H20N2O5. The van der Waals surface area contributed by atoms with Gasteiger partial charge in [-0.1, -0.05) is 0 Å². The van der Waals surface area contributed by atoms with Gasteiger partial charge in [0.05, 0.1) is 38.5 Å². The zero-order valence-electron chi connectivity index (χ0n) is 15.6. The summed E-state index contributed by atoms with van der Waals surface area (Å²) in [5, 5.41) is 13.5. The van der Waals surface area contributed by atoms with Crippen LogP contribution in [0.4, 0.5) is 5.82 Å². The lowest BCUT2D eigenvalue weighted by atomic mass is 10.0. The van der Waals surface area contributed by atoms with Crippen molar-refractivity contribution < 1.29 is 24.1 Å². The molecule has 1 aliphatic heterocycles. The van der Waals surface area contributed by atoms with Gasteiger partial charge in [0.15, 0.2) is 0 Å². The third kappa shape index (κ3) is 3.20. The third-order valence-electron chi connectivity index (χ3n) is 4.88. The number of pyridine rings is 1. The Morgan fingerprint density at radius 1 is 1.14 bits per heavy atom. The molecule has 0 unspecified atom stereocenters. The van der Waals surface area contributed by atoms with Crippen LogP contribution < -0.4 is 14.8 Å². The van der Waals surface area contributed by atoms with Crippen LogP contribution in [-0.4, -0.2) is 30.3 Å². The maximum absolute atomic E-state index is 11.3. The Bertz CT molecular complexity index is 1060. The molecule has 0 saturated heterocycles. The first-order valence-corrected chi connectivity index (χ1v) is 8.82. The van der Waals surface area contributed by atoms with E-state index in [2.05, 4.69) is 5.32 Å². The molecule has 0 radical (unpaired) electrons. The predicted molar refractivity (Wildman–Crippen MR) is 104 cm³/mol. The molecule has 144 valence electrons. The van der Waals surface area contributed by atoms with E-state index in [1.165, 1.54) is 0 Å². The average molecular weight is 380 g/mol. The number of methoxy groups -OCH3 is 2. The highest BCUT2D eigenvalue weighted by molar-refractivity contribution is 5.95. The molecule has 0 bridgehead atoms. The van der Waals surface area contributed by atoms with Crippen molar-refractivity contribution in [2.75, 3.05) is 19.5 Å². The zero-order valence-corrected chi connectivity index (χ0v) is 15.6. The predicted octanol–water partition coefficient (Wildman–Crippen LogP) is 3.59. The van der Waals surface area contributed by atoms with Crippen LogP contribution in [0.2, 0.25) is 0 Å². The quantitative estimate of drug-likeness (QED) is 0.675. The number of aromatic nitrogens is 1. The van der Waals surface area contributed by atoms with Crippen molar-refractivity contribution in [1.82, 2.24) is 4.98 Å². The number of benzene rings is 2. The number of carbonyl (C=O) groups is 1. The number of rotatable bonds is 6. The first kappa shape index (κ1) is 18.1. The number of aromatic carboxylic acids is 1. The van der Waals surface area contributed by atoms with Crippen molar-refractivity contribution in [1.29, 1.82) is 0 Å². The maximum atomic E-state index is 11.3. The normalized spacial score (nSPS) is 12.6. The highest BCUT2D eigenvalue weighted by atomic mass is 16.5. The Morgan fingerprint density at radius 3 is 2.71 bits per heavy atom. The van der Waals surface area contributed by atoms with Crippen LogP contribution in [-0.2, 0) is 24.5 Å². The third-order valence-corrected chi connectivity index (χ3v) is 4.88. The molecular weight excluding hydrogens is 360 g/mol. The van der Waals surface area contributed by atoms with Gasteiger partial charge in [0, 0.05) is 29.1 Å². The lowest BCUT2D eigenvalue weighted by Gasteiger charge is -2.15. The van der Waals surface area contributed by atoms with Gasteiger partial charge in [-0.25, -0.2) is 9.78 Å². The summed E-state index contributed by atoms with van der Waals surface area (Å²) in [4.78, 5) is 16.0. The number of carboxylic acid groups (broad SMARTS) is 1. The molecule has 4 rings (SSSR count). The molecule has 0 spiro atoms. The molecule has 7 nitrogen and oxygen atoms in total. The van der Waals surface area contributed by atoms with Gasteiger partial charge in [0.25, 0.3) is 0 Å². The molecule has 0 aliphatic carbocycles. The summed E-state index contributed by atoms with van der Waals surface area (Å²) in [6, 6.07) is 10.6. The topological polar surface area (TPSA) is 89.9 Å². The maximum Gasteiger partial charge on any atom is 0.335 e. The number of anilines is 1. The summed E-state index contributed by atoms with van der Waals surface area (Å²) in [6.45, 7) is 1.40. The van der Waals surface area contributed by atoms with Crippen LogP contribution in [0.1, 0.15) is 27.0 Å². The lowest BCUT2D eigenvalue weighted by Crippen LogP contribution is -2.07. The van der Waals surface area contributed by atoms with E-state index in [1.54, 1.807) is 32.4 Å². The molecule has 28 heavy (non-hydrogen) atoms. The SMILES string of the molecule is COc1ccc(CNc2nc3ccc(C(=O)O)cc3c3c2COC3)c(OC)c1. The molecule has 0 amide bonds. The number of ether oxygens (including phenoxy) is 3. The summed E-state index contributed by atoms with van der Waals surface area (Å²) < 4.78 is 16.3. The highest BCUT2D eigenvalue weighted by Gasteiger charge is 2.21. The van der Waals surface area contributed by atoms with Crippen LogP contribution in [0.5, 0.6) is 11.5 Å². The number of fused-ring (bicyclic) bond motifs is 3. The Balaban J connectivity index is 1.68. The minimum atomic E-state index is -0.955. The van der Waals surface area contributed by atoms with Gasteiger partial charge >= 0.3 is 5.97 Å². The van der Waals surface area contributed by atoms with Crippen LogP contribution in [0.25, 0.3) is 10.9 Å². The van der Waals surface area contributed by atoms with Crippen molar-refractivity contribution in [2.45, 2.75) is 19.8 Å². The largest absolute Gasteiger partial charge is 0.497 e. The monoisotopic (exact) mass is 380 g/mol. The number of nitrogens with zero attached hydrogens (tertiary/aromatic N) is 1. The number of carboxylic acids is 1. The van der Waals surface area contributed by atoms with Gasteiger partial charge in [-0.15, -0.1) is 0 Å². The summed E-state index contributed by atoms with van der Waals surface area (Å²) in [6.07, 6.45) is 0. The van der Waals surface area contributed by atoms with Gasteiger partial charge in [-0.3, -0.25) is 0 Å². The van der Waals surface area contributed by atoms with Gasteiger partial charge in [0.1, 0.15) is 17.3 Å². The van der Waals surface area contributed by atoms with Crippen LogP contribution in [0, 0.1) is 0 Å². The van der Waals surface area contributed by atoms with Crippen molar-refractivity contribution in [3.8, 4) is 11.5 Å². The number of nitrogens with one attached hydrogen (secondary N) is 1. The average Bonchev–Trinajstić information content (AvgIpc) is 3.21. The Hall–Kier alpha value is -3.32. The van der Waals surface area contributed by atoms with Crippen molar-refractivity contribution in [3.63, 3.8) is 0 Å². The fraction of sp³-hybridized carbons (Fsp3) is 0.238. The summed E-state index contributed by atoms with van der Waals surface area (Å²) in [5.41, 5.74) is 3.89. The van der Waals surface area contributed by atoms with Gasteiger partial charge in [-0.2, -0.15) is 0 Å². The van der Waals surface area contributed by atoms with Crippen LogP contribution >= 0.6 is 0 Å². The molecule has 2 N–H and O–H groups in total. The first-order chi connectivity index (χ1) is 13.6. The fourth-order valence-corrected chi connectivity index (χ4v) is 3.40. The molecule has 2 aromatic carbocycles. The van der Waals surface area contributed by atoms with Crippen molar-refractivity contribution in [2.24, 2.45) is 0 Å². The molecule has 0 fully saturated rings. The Kier molecular flexibility index (Phi) is 4.75. The second kappa shape index (κ2) is 7.36. The molecule has 1 aromatic heterocycles. The molecule has 3 aromatic rings. The summed E-state index contributed by atoms with van der Waals surface area (Å²) in [5.74, 6) is 1.24. The van der Waals surface area contributed by atoms with E-state index in [0.29, 0.717) is 19.8 Å². The summed E-state index contributed by atoms with van der Waals surface area (Å²) >= 11 is 0. The minimum absolute atomic E-state index is 0.243. The second-order valence-corrected chi connectivity index (χ2v) is 6.48. The Labute approximate surface area is 161 Å². The van der Waals surface area contributed by atoms with Gasteiger partial charge in [-0.05, 0) is 35.9 Å². The molecule has 7 heteroatoms. The van der Waals surface area contributed by atoms with Crippen LogP contribution in [0.3, 0.4) is 0 Å². The van der Waals surface area contributed by atoms with E-state index >= 15 is 0 Å². The molecule has 2 heterocycles. The number of hydrogen-bond donors (Lipinski definition) is 2.